The van der Waals surface area contributed by atoms with Crippen molar-refractivity contribution in [2.75, 3.05) is 19.8 Å². The Hall–Kier alpha value is -1.59. The molecule has 1 atom stereocenters. The minimum atomic E-state index is -0.0665. The average molecular weight is 288 g/mol. The van der Waals surface area contributed by atoms with Gasteiger partial charge in [-0.1, -0.05) is 12.1 Å². The zero-order valence-electron chi connectivity index (χ0n) is 11.0. The van der Waals surface area contributed by atoms with E-state index in [2.05, 4.69) is 22.9 Å². The largest absolute Gasteiger partial charge is 0.381 e. The van der Waals surface area contributed by atoms with Crippen LogP contribution in [0.3, 0.4) is 0 Å². The van der Waals surface area contributed by atoms with E-state index in [1.165, 1.54) is 0 Å². The van der Waals surface area contributed by atoms with Gasteiger partial charge in [-0.3, -0.25) is 9.78 Å². The summed E-state index contributed by atoms with van der Waals surface area (Å²) in [6.07, 6.45) is 2.66. The van der Waals surface area contributed by atoms with Crippen molar-refractivity contribution in [3.63, 3.8) is 0 Å². The molecule has 0 saturated carbocycles. The molecule has 1 N–H and O–H groups in total. The van der Waals surface area contributed by atoms with Crippen LogP contribution in [0.2, 0.25) is 0 Å². The highest BCUT2D eigenvalue weighted by atomic mass is 32.1. The number of amides is 1. The van der Waals surface area contributed by atoms with E-state index in [9.17, 15) is 4.79 Å². The number of carbonyl (C=O) groups excluding carboxylic acids is 1. The molecule has 1 unspecified atom stereocenters. The van der Waals surface area contributed by atoms with Crippen molar-refractivity contribution < 1.29 is 9.53 Å². The lowest BCUT2D eigenvalue weighted by atomic mass is 10.1. The molecule has 104 valence electrons. The van der Waals surface area contributed by atoms with Gasteiger partial charge in [-0.05, 0) is 18.6 Å². The molecule has 4 nitrogen and oxygen atoms in total. The van der Waals surface area contributed by atoms with Crippen LogP contribution < -0.4 is 5.32 Å². The van der Waals surface area contributed by atoms with Gasteiger partial charge in [0.15, 0.2) is 0 Å². The molecule has 0 bridgehead atoms. The van der Waals surface area contributed by atoms with Gasteiger partial charge in [-0.25, -0.2) is 0 Å². The molecule has 1 saturated heterocycles. The quantitative estimate of drug-likeness (QED) is 0.852. The zero-order valence-corrected chi connectivity index (χ0v) is 11.9. The lowest BCUT2D eigenvalue weighted by Crippen LogP contribution is -2.29. The van der Waals surface area contributed by atoms with Crippen LogP contribution in [0.5, 0.6) is 0 Å². The number of nitrogens with zero attached hydrogens (tertiary/aromatic N) is 1. The van der Waals surface area contributed by atoms with E-state index in [0.717, 1.165) is 35.4 Å². The average Bonchev–Trinajstić information content (AvgIpc) is 2.98. The first-order valence-electron chi connectivity index (χ1n) is 6.68. The van der Waals surface area contributed by atoms with E-state index in [-0.39, 0.29) is 5.91 Å². The summed E-state index contributed by atoms with van der Waals surface area (Å²) in [6.45, 7) is 2.18. The van der Waals surface area contributed by atoms with Gasteiger partial charge >= 0.3 is 0 Å². The molecular weight excluding hydrogens is 272 g/mol. The summed E-state index contributed by atoms with van der Waals surface area (Å²) in [7, 11) is 0. The SMILES string of the molecule is O=C(NCC1CCOC1)c1ccnc2c(S)cccc12. The Kier molecular flexibility index (Phi) is 3.89. The van der Waals surface area contributed by atoms with Crippen LogP contribution in [0.15, 0.2) is 35.4 Å². The Morgan fingerprint density at radius 1 is 1.45 bits per heavy atom. The molecule has 1 fully saturated rings. The number of fused-ring (bicyclic) bond motifs is 1. The van der Waals surface area contributed by atoms with Crippen molar-refractivity contribution in [1.82, 2.24) is 10.3 Å². The number of ether oxygens (including phenoxy) is 1. The maximum atomic E-state index is 12.3. The number of benzene rings is 1. The van der Waals surface area contributed by atoms with E-state index in [0.29, 0.717) is 18.0 Å². The Balaban J connectivity index is 1.82. The molecule has 2 heterocycles. The normalized spacial score (nSPS) is 18.4. The number of thiol groups is 1. The van der Waals surface area contributed by atoms with Crippen LogP contribution in [-0.4, -0.2) is 30.6 Å². The Bertz CT molecular complexity index is 639. The second-order valence-electron chi connectivity index (χ2n) is 4.97. The highest BCUT2D eigenvalue weighted by molar-refractivity contribution is 7.80. The summed E-state index contributed by atoms with van der Waals surface area (Å²) >= 11 is 4.38. The number of hydrogen-bond donors (Lipinski definition) is 2. The van der Waals surface area contributed by atoms with E-state index in [1.54, 1.807) is 12.3 Å². The van der Waals surface area contributed by atoms with Crippen LogP contribution in [0, 0.1) is 5.92 Å². The summed E-state index contributed by atoms with van der Waals surface area (Å²) in [5.41, 5.74) is 1.40. The van der Waals surface area contributed by atoms with Gasteiger partial charge in [-0.15, -0.1) is 12.6 Å². The van der Waals surface area contributed by atoms with Gasteiger partial charge in [-0.2, -0.15) is 0 Å². The molecule has 1 aromatic heterocycles. The topological polar surface area (TPSA) is 51.2 Å². The number of rotatable bonds is 3. The van der Waals surface area contributed by atoms with Gasteiger partial charge in [0.2, 0.25) is 0 Å². The number of aromatic nitrogens is 1. The predicted molar refractivity (Wildman–Crippen MR) is 80.3 cm³/mol. The third kappa shape index (κ3) is 2.64. The number of pyridine rings is 1. The molecule has 1 amide bonds. The molecule has 2 aromatic rings. The van der Waals surface area contributed by atoms with Crippen LogP contribution >= 0.6 is 12.6 Å². The van der Waals surface area contributed by atoms with E-state index < -0.39 is 0 Å². The molecule has 1 aliphatic rings. The van der Waals surface area contributed by atoms with Crippen molar-refractivity contribution in [1.29, 1.82) is 0 Å². The van der Waals surface area contributed by atoms with Crippen molar-refractivity contribution in [3.05, 3.63) is 36.0 Å². The lowest BCUT2D eigenvalue weighted by molar-refractivity contribution is 0.0946. The third-order valence-electron chi connectivity index (χ3n) is 3.57. The van der Waals surface area contributed by atoms with Crippen LogP contribution in [0.25, 0.3) is 10.9 Å². The van der Waals surface area contributed by atoms with Gasteiger partial charge in [0.1, 0.15) is 0 Å². The zero-order chi connectivity index (χ0) is 13.9. The fraction of sp³-hybridized carbons (Fsp3) is 0.333. The highest BCUT2D eigenvalue weighted by Crippen LogP contribution is 2.22. The summed E-state index contributed by atoms with van der Waals surface area (Å²) in [5, 5.41) is 3.81. The van der Waals surface area contributed by atoms with E-state index >= 15 is 0 Å². The maximum Gasteiger partial charge on any atom is 0.252 e. The van der Waals surface area contributed by atoms with Crippen molar-refractivity contribution in [2.45, 2.75) is 11.3 Å². The number of nitrogens with one attached hydrogen (secondary N) is 1. The molecule has 3 rings (SSSR count). The second kappa shape index (κ2) is 5.81. The minimum Gasteiger partial charge on any atom is -0.381 e. The highest BCUT2D eigenvalue weighted by Gasteiger charge is 2.17. The van der Waals surface area contributed by atoms with Crippen molar-refractivity contribution in [2.24, 2.45) is 5.92 Å². The number of para-hydroxylation sites is 1. The van der Waals surface area contributed by atoms with Crippen LogP contribution in [0.4, 0.5) is 0 Å². The second-order valence-corrected chi connectivity index (χ2v) is 5.45. The first kappa shape index (κ1) is 13.4. The van der Waals surface area contributed by atoms with Gasteiger partial charge in [0.25, 0.3) is 5.91 Å². The predicted octanol–water partition coefficient (Wildman–Crippen LogP) is 2.29. The monoisotopic (exact) mass is 288 g/mol. The van der Waals surface area contributed by atoms with E-state index in [1.807, 2.05) is 18.2 Å². The van der Waals surface area contributed by atoms with Gasteiger partial charge in [0, 0.05) is 35.5 Å². The number of hydrogen-bond acceptors (Lipinski definition) is 4. The third-order valence-corrected chi connectivity index (χ3v) is 3.93. The molecule has 1 aliphatic heterocycles. The van der Waals surface area contributed by atoms with Gasteiger partial charge in [0.05, 0.1) is 17.7 Å². The summed E-state index contributed by atoms with van der Waals surface area (Å²) < 4.78 is 5.31. The summed E-state index contributed by atoms with van der Waals surface area (Å²) in [5.74, 6) is 0.357. The first-order valence-corrected chi connectivity index (χ1v) is 7.13. The van der Waals surface area contributed by atoms with Crippen LogP contribution in [0.1, 0.15) is 16.8 Å². The minimum absolute atomic E-state index is 0.0665. The Morgan fingerprint density at radius 2 is 2.35 bits per heavy atom. The molecule has 0 spiro atoms. The van der Waals surface area contributed by atoms with Crippen molar-refractivity contribution >= 4 is 29.4 Å². The Labute approximate surface area is 122 Å². The summed E-state index contributed by atoms with van der Waals surface area (Å²) in [4.78, 5) is 17.4. The molecule has 0 radical (unpaired) electrons. The first-order chi connectivity index (χ1) is 9.75. The smallest absolute Gasteiger partial charge is 0.252 e. The van der Waals surface area contributed by atoms with Gasteiger partial charge < -0.3 is 10.1 Å². The molecule has 20 heavy (non-hydrogen) atoms. The molecule has 1 aromatic carbocycles. The molecular formula is C15H16N2O2S. The standard InChI is InChI=1S/C15H16N2O2S/c18-15(17-8-10-5-7-19-9-10)12-4-6-16-14-11(12)2-1-3-13(14)20/h1-4,6,10,20H,5,7-9H2,(H,17,18). The van der Waals surface area contributed by atoms with Crippen LogP contribution in [-0.2, 0) is 4.74 Å². The van der Waals surface area contributed by atoms with E-state index in [4.69, 9.17) is 4.74 Å². The number of carbonyl (C=O) groups is 1. The molecule has 5 heteroatoms. The van der Waals surface area contributed by atoms with Crippen molar-refractivity contribution in [3.8, 4) is 0 Å². The maximum absolute atomic E-state index is 12.3. The Morgan fingerprint density at radius 3 is 3.15 bits per heavy atom. The lowest BCUT2D eigenvalue weighted by Gasteiger charge is -2.11. The summed E-state index contributed by atoms with van der Waals surface area (Å²) in [6, 6.07) is 7.40. The fourth-order valence-electron chi connectivity index (χ4n) is 2.44. The fourth-order valence-corrected chi connectivity index (χ4v) is 2.70. The molecule has 0 aliphatic carbocycles.